The highest BCUT2D eigenvalue weighted by molar-refractivity contribution is 9.09. The first-order valence-electron chi connectivity index (χ1n) is 6.03. The van der Waals surface area contributed by atoms with Crippen LogP contribution in [0.1, 0.15) is 39.0 Å². The summed E-state index contributed by atoms with van der Waals surface area (Å²) in [7, 11) is 0. The molecule has 0 aromatic rings. The Labute approximate surface area is 101 Å². The molecule has 0 spiro atoms. The van der Waals surface area contributed by atoms with Crippen molar-refractivity contribution in [1.29, 1.82) is 0 Å². The lowest BCUT2D eigenvalue weighted by molar-refractivity contribution is -0.0202. The molecular weight excluding hydrogens is 256 g/mol. The van der Waals surface area contributed by atoms with Gasteiger partial charge in [0, 0.05) is 18.5 Å². The number of rotatable bonds is 3. The molecule has 0 radical (unpaired) electrons. The molecule has 15 heavy (non-hydrogen) atoms. The van der Waals surface area contributed by atoms with Gasteiger partial charge in [-0.15, -0.1) is 0 Å². The van der Waals surface area contributed by atoms with E-state index in [4.69, 9.17) is 9.47 Å². The third-order valence-corrected chi connectivity index (χ3v) is 5.01. The van der Waals surface area contributed by atoms with Gasteiger partial charge in [-0.25, -0.2) is 0 Å². The van der Waals surface area contributed by atoms with Crippen LogP contribution in [-0.2, 0) is 9.47 Å². The van der Waals surface area contributed by atoms with Crippen LogP contribution in [0.3, 0.4) is 0 Å². The number of hydrogen-bond acceptors (Lipinski definition) is 2. The van der Waals surface area contributed by atoms with Gasteiger partial charge in [0.15, 0.2) is 0 Å². The smallest absolute Gasteiger partial charge is 0.0585 e. The molecule has 0 aliphatic carbocycles. The van der Waals surface area contributed by atoms with E-state index >= 15 is 0 Å². The molecule has 0 aromatic heterocycles. The van der Waals surface area contributed by atoms with Crippen molar-refractivity contribution in [3.05, 3.63) is 0 Å². The summed E-state index contributed by atoms with van der Waals surface area (Å²) in [5, 5.41) is 1.09. The Morgan fingerprint density at radius 2 is 2.00 bits per heavy atom. The van der Waals surface area contributed by atoms with Gasteiger partial charge in [0.25, 0.3) is 0 Å². The van der Waals surface area contributed by atoms with Gasteiger partial charge in [-0.3, -0.25) is 0 Å². The standard InChI is InChI=1S/C12H21BrO2/c1-10-2-3-11(15-10)8-12(9-13)4-6-14-7-5-12/h10-11H,2-9H2,1H3. The van der Waals surface area contributed by atoms with Gasteiger partial charge in [0.1, 0.15) is 0 Å². The molecule has 2 unspecified atom stereocenters. The Balaban J connectivity index is 1.89. The summed E-state index contributed by atoms with van der Waals surface area (Å²) >= 11 is 3.68. The first kappa shape index (κ1) is 11.9. The predicted octanol–water partition coefficient (Wildman–Crippen LogP) is 3.14. The van der Waals surface area contributed by atoms with E-state index in [1.54, 1.807) is 0 Å². The maximum absolute atomic E-state index is 5.93. The minimum atomic E-state index is 0.437. The van der Waals surface area contributed by atoms with Crippen molar-refractivity contribution in [2.75, 3.05) is 18.5 Å². The van der Waals surface area contributed by atoms with Gasteiger partial charge in [-0.05, 0) is 44.4 Å². The fourth-order valence-corrected chi connectivity index (χ4v) is 3.50. The van der Waals surface area contributed by atoms with E-state index in [9.17, 15) is 0 Å². The number of ether oxygens (including phenoxy) is 2. The van der Waals surface area contributed by atoms with Crippen molar-refractivity contribution in [1.82, 2.24) is 0 Å². The normalized spacial score (nSPS) is 35.6. The Bertz CT molecular complexity index is 202. The monoisotopic (exact) mass is 276 g/mol. The lowest BCUT2D eigenvalue weighted by atomic mass is 9.77. The summed E-state index contributed by atoms with van der Waals surface area (Å²) in [6, 6.07) is 0. The molecule has 2 atom stereocenters. The molecule has 2 saturated heterocycles. The van der Waals surface area contributed by atoms with Crippen LogP contribution in [0.5, 0.6) is 0 Å². The third-order valence-electron chi connectivity index (χ3n) is 3.82. The molecule has 88 valence electrons. The van der Waals surface area contributed by atoms with Crippen LogP contribution in [0, 0.1) is 5.41 Å². The number of hydrogen-bond donors (Lipinski definition) is 0. The van der Waals surface area contributed by atoms with E-state index in [-0.39, 0.29) is 0 Å². The number of alkyl halides is 1. The van der Waals surface area contributed by atoms with Crippen LogP contribution in [0.2, 0.25) is 0 Å². The molecule has 0 saturated carbocycles. The zero-order chi connectivity index (χ0) is 10.7. The van der Waals surface area contributed by atoms with Crippen molar-refractivity contribution in [2.24, 2.45) is 5.41 Å². The summed E-state index contributed by atoms with van der Waals surface area (Å²) in [5.74, 6) is 0. The summed E-state index contributed by atoms with van der Waals surface area (Å²) in [6.45, 7) is 4.03. The first-order chi connectivity index (χ1) is 7.24. The molecule has 0 N–H and O–H groups in total. The Hall–Kier alpha value is 0.400. The highest BCUT2D eigenvalue weighted by Gasteiger charge is 2.36. The second-order valence-electron chi connectivity index (χ2n) is 5.10. The molecule has 2 rings (SSSR count). The second kappa shape index (κ2) is 5.15. The summed E-state index contributed by atoms with van der Waals surface area (Å²) in [6.07, 6.45) is 7.04. The van der Waals surface area contributed by atoms with Crippen molar-refractivity contribution < 1.29 is 9.47 Å². The maximum Gasteiger partial charge on any atom is 0.0585 e. The van der Waals surface area contributed by atoms with E-state index in [2.05, 4.69) is 22.9 Å². The Morgan fingerprint density at radius 1 is 1.27 bits per heavy atom. The van der Waals surface area contributed by atoms with Crippen molar-refractivity contribution >= 4 is 15.9 Å². The zero-order valence-corrected chi connectivity index (χ0v) is 11.1. The van der Waals surface area contributed by atoms with E-state index in [0.29, 0.717) is 17.6 Å². The molecule has 2 fully saturated rings. The molecule has 0 aromatic carbocycles. The lowest BCUT2D eigenvalue weighted by Gasteiger charge is -2.37. The quantitative estimate of drug-likeness (QED) is 0.738. The van der Waals surface area contributed by atoms with Crippen LogP contribution in [0.25, 0.3) is 0 Å². The second-order valence-corrected chi connectivity index (χ2v) is 5.66. The fraction of sp³-hybridized carbons (Fsp3) is 1.00. The van der Waals surface area contributed by atoms with Gasteiger partial charge in [0.05, 0.1) is 12.2 Å². The van der Waals surface area contributed by atoms with Crippen molar-refractivity contribution in [3.8, 4) is 0 Å². The van der Waals surface area contributed by atoms with Crippen LogP contribution in [0.4, 0.5) is 0 Å². The molecule has 2 aliphatic rings. The van der Waals surface area contributed by atoms with Crippen molar-refractivity contribution in [3.63, 3.8) is 0 Å². The molecule has 3 heteroatoms. The average molecular weight is 277 g/mol. The SMILES string of the molecule is CC1CCC(CC2(CBr)CCOCC2)O1. The molecule has 0 bridgehead atoms. The van der Waals surface area contributed by atoms with E-state index in [0.717, 1.165) is 18.5 Å². The lowest BCUT2D eigenvalue weighted by Crippen LogP contribution is -2.34. The van der Waals surface area contributed by atoms with Crippen LogP contribution in [0.15, 0.2) is 0 Å². The molecular formula is C12H21BrO2. The molecule has 2 nitrogen and oxygen atoms in total. The van der Waals surface area contributed by atoms with Gasteiger partial charge in [-0.1, -0.05) is 15.9 Å². The first-order valence-corrected chi connectivity index (χ1v) is 7.15. The van der Waals surface area contributed by atoms with Gasteiger partial charge in [-0.2, -0.15) is 0 Å². The van der Waals surface area contributed by atoms with Crippen LogP contribution >= 0.6 is 15.9 Å². The highest BCUT2D eigenvalue weighted by atomic mass is 79.9. The third kappa shape index (κ3) is 2.95. The highest BCUT2D eigenvalue weighted by Crippen LogP contribution is 2.40. The van der Waals surface area contributed by atoms with Gasteiger partial charge in [0.2, 0.25) is 0 Å². The van der Waals surface area contributed by atoms with E-state index in [1.165, 1.54) is 32.1 Å². The molecule has 2 heterocycles. The zero-order valence-electron chi connectivity index (χ0n) is 9.51. The van der Waals surface area contributed by atoms with Crippen LogP contribution < -0.4 is 0 Å². The van der Waals surface area contributed by atoms with Gasteiger partial charge < -0.3 is 9.47 Å². The fourth-order valence-electron chi connectivity index (χ4n) is 2.72. The summed E-state index contributed by atoms with van der Waals surface area (Å²) in [4.78, 5) is 0. The molecule has 2 aliphatic heterocycles. The summed E-state index contributed by atoms with van der Waals surface area (Å²) < 4.78 is 11.4. The minimum absolute atomic E-state index is 0.437. The largest absolute Gasteiger partial charge is 0.381 e. The van der Waals surface area contributed by atoms with E-state index < -0.39 is 0 Å². The predicted molar refractivity (Wildman–Crippen MR) is 64.5 cm³/mol. The Kier molecular flexibility index (Phi) is 4.08. The molecule has 0 amide bonds. The topological polar surface area (TPSA) is 18.5 Å². The number of halogens is 1. The van der Waals surface area contributed by atoms with E-state index in [1.807, 2.05) is 0 Å². The summed E-state index contributed by atoms with van der Waals surface area (Å²) in [5.41, 5.74) is 0.437. The Morgan fingerprint density at radius 3 is 2.53 bits per heavy atom. The van der Waals surface area contributed by atoms with Crippen molar-refractivity contribution in [2.45, 2.75) is 51.2 Å². The maximum atomic E-state index is 5.93. The minimum Gasteiger partial charge on any atom is -0.381 e. The average Bonchev–Trinajstić information content (AvgIpc) is 2.65. The van der Waals surface area contributed by atoms with Gasteiger partial charge >= 0.3 is 0 Å². The van der Waals surface area contributed by atoms with Crippen LogP contribution in [-0.4, -0.2) is 30.8 Å².